The Kier molecular flexibility index (Phi) is 2.57. The molecule has 1 saturated heterocycles. The van der Waals surface area contributed by atoms with Gasteiger partial charge in [-0.25, -0.2) is 4.99 Å². The van der Waals surface area contributed by atoms with Crippen LogP contribution < -0.4 is 15.5 Å². The van der Waals surface area contributed by atoms with Gasteiger partial charge in [-0.3, -0.25) is 5.73 Å². The number of methoxy groups -OCH3 is 1. The molecule has 1 aromatic rings. The fourth-order valence-electron chi connectivity index (χ4n) is 4.14. The van der Waals surface area contributed by atoms with Crippen LogP contribution in [-0.4, -0.2) is 32.1 Å². The van der Waals surface area contributed by atoms with Gasteiger partial charge in [0.05, 0.1) is 32.5 Å². The molecule has 3 N–H and O–H groups in total. The van der Waals surface area contributed by atoms with Crippen LogP contribution in [0.4, 0.5) is 0 Å². The van der Waals surface area contributed by atoms with Crippen molar-refractivity contribution in [2.45, 2.75) is 11.8 Å². The smallest absolute Gasteiger partial charge is 0.343 e. The maximum absolute atomic E-state index is 9.96. The third kappa shape index (κ3) is 1.29. The van der Waals surface area contributed by atoms with E-state index in [1.165, 1.54) is 0 Å². The first-order chi connectivity index (χ1) is 11.1. The summed E-state index contributed by atoms with van der Waals surface area (Å²) in [6.07, 6.45) is 0. The van der Waals surface area contributed by atoms with Gasteiger partial charge in [-0.1, -0.05) is 12.1 Å². The molecule has 0 radical (unpaired) electrons. The number of benzene rings is 1. The SMILES string of the molecule is COc1cccc([C@@H]2[C@]3(C#N)C(N)=[NH+]C4(OCCO4)[C@]23C#N)c1. The molecular weight excluding hydrogens is 296 g/mol. The van der Waals surface area contributed by atoms with Crippen LogP contribution in [0.1, 0.15) is 11.5 Å². The fraction of sp³-hybridized carbons (Fsp3) is 0.438. The second kappa shape index (κ2) is 4.23. The zero-order chi connectivity index (χ0) is 16.3. The number of hydrogen-bond acceptors (Lipinski definition) is 6. The highest BCUT2D eigenvalue weighted by Crippen LogP contribution is 2.79. The molecule has 1 aliphatic carbocycles. The van der Waals surface area contributed by atoms with E-state index in [1.54, 1.807) is 7.11 Å². The predicted molar refractivity (Wildman–Crippen MR) is 76.6 cm³/mol. The largest absolute Gasteiger partial charge is 0.497 e. The number of rotatable bonds is 2. The number of nitrogens with two attached hydrogens (primary N) is 1. The molecule has 2 fully saturated rings. The number of nitriles is 2. The van der Waals surface area contributed by atoms with E-state index in [0.29, 0.717) is 19.0 Å². The summed E-state index contributed by atoms with van der Waals surface area (Å²) in [4.78, 5) is 2.91. The molecule has 1 saturated carbocycles. The first-order valence-corrected chi connectivity index (χ1v) is 7.27. The van der Waals surface area contributed by atoms with Gasteiger partial charge in [0.25, 0.3) is 5.84 Å². The lowest BCUT2D eigenvalue weighted by atomic mass is 9.94. The van der Waals surface area contributed by atoms with Crippen LogP contribution in [0.5, 0.6) is 5.75 Å². The normalized spacial score (nSPS) is 36.0. The number of fused-ring (bicyclic) bond motifs is 2. The molecule has 0 amide bonds. The third-order valence-corrected chi connectivity index (χ3v) is 5.12. The second-order valence-electron chi connectivity index (χ2n) is 5.90. The van der Waals surface area contributed by atoms with Crippen LogP contribution in [0.25, 0.3) is 0 Å². The lowest BCUT2D eigenvalue weighted by Crippen LogP contribution is -2.89. The summed E-state index contributed by atoms with van der Waals surface area (Å²) in [6.45, 7) is 0.687. The molecule has 7 heteroatoms. The lowest BCUT2D eigenvalue weighted by Gasteiger charge is -2.23. The highest BCUT2D eigenvalue weighted by molar-refractivity contribution is 5.95. The molecular formula is C16H15N4O3+. The van der Waals surface area contributed by atoms with Gasteiger partial charge < -0.3 is 14.2 Å². The van der Waals surface area contributed by atoms with Crippen molar-refractivity contribution in [3.63, 3.8) is 0 Å². The first-order valence-electron chi connectivity index (χ1n) is 7.27. The molecule has 0 bridgehead atoms. The molecule has 2 heterocycles. The summed E-state index contributed by atoms with van der Waals surface area (Å²) in [5.74, 6) is -0.937. The van der Waals surface area contributed by atoms with Gasteiger partial charge >= 0.3 is 5.91 Å². The van der Waals surface area contributed by atoms with E-state index in [-0.39, 0.29) is 5.84 Å². The molecule has 1 spiro atoms. The Morgan fingerprint density at radius 2 is 2.04 bits per heavy atom. The minimum atomic E-state index is -1.37. The Hall–Kier alpha value is -2.61. The standard InChI is InChI=1S/C16H14N4O3/c1-21-11-4-2-3-10(7-11)12-14(8-17)13(19)20-16(15(12,14)9-18)22-5-6-23-16/h2-4,7,12H,5-6H2,1H3,(H2,19,20)/p+1/t12-,14-,15-/m1/s1. The minimum Gasteiger partial charge on any atom is -0.497 e. The van der Waals surface area contributed by atoms with Crippen LogP contribution in [0.15, 0.2) is 24.3 Å². The molecule has 1 aromatic carbocycles. The van der Waals surface area contributed by atoms with E-state index < -0.39 is 22.7 Å². The van der Waals surface area contributed by atoms with E-state index >= 15 is 0 Å². The molecule has 0 aromatic heterocycles. The highest BCUT2D eigenvalue weighted by atomic mass is 16.8. The highest BCUT2D eigenvalue weighted by Gasteiger charge is 2.97. The summed E-state index contributed by atoms with van der Waals surface area (Å²) in [5.41, 5.74) is 4.52. The van der Waals surface area contributed by atoms with Crippen LogP contribution in [0.2, 0.25) is 0 Å². The fourth-order valence-corrected chi connectivity index (χ4v) is 4.14. The summed E-state index contributed by atoms with van der Waals surface area (Å²) in [6, 6.07) is 11.8. The van der Waals surface area contributed by atoms with E-state index in [4.69, 9.17) is 19.9 Å². The minimum absolute atomic E-state index is 0.219. The zero-order valence-corrected chi connectivity index (χ0v) is 12.5. The third-order valence-electron chi connectivity index (χ3n) is 5.12. The number of hydrogen-bond donors (Lipinski definition) is 2. The second-order valence-corrected chi connectivity index (χ2v) is 5.90. The topological polar surface area (TPSA) is 115 Å². The zero-order valence-electron chi connectivity index (χ0n) is 12.5. The summed E-state index contributed by atoms with van der Waals surface area (Å²) in [5, 5.41) is 19.8. The Labute approximate surface area is 132 Å². The van der Waals surface area contributed by atoms with E-state index in [0.717, 1.165) is 5.56 Å². The molecule has 2 aliphatic heterocycles. The van der Waals surface area contributed by atoms with Crippen molar-refractivity contribution in [3.05, 3.63) is 29.8 Å². The van der Waals surface area contributed by atoms with Crippen LogP contribution >= 0.6 is 0 Å². The molecule has 4 rings (SSSR count). The Bertz CT molecular complexity index is 802. The van der Waals surface area contributed by atoms with Crippen molar-refractivity contribution in [2.24, 2.45) is 16.6 Å². The van der Waals surface area contributed by atoms with Gasteiger partial charge in [-0.2, -0.15) is 10.5 Å². The number of nitrogens with one attached hydrogen (secondary N) is 1. The number of ether oxygens (including phenoxy) is 3. The van der Waals surface area contributed by atoms with E-state index in [2.05, 4.69) is 17.1 Å². The number of nitrogens with zero attached hydrogens (tertiary/aromatic N) is 2. The Balaban J connectivity index is 1.91. The van der Waals surface area contributed by atoms with Crippen molar-refractivity contribution < 1.29 is 19.2 Å². The van der Waals surface area contributed by atoms with E-state index in [9.17, 15) is 10.5 Å². The van der Waals surface area contributed by atoms with Crippen molar-refractivity contribution in [1.29, 1.82) is 10.5 Å². The maximum Gasteiger partial charge on any atom is 0.343 e. The van der Waals surface area contributed by atoms with Gasteiger partial charge in [0.15, 0.2) is 10.8 Å². The molecule has 7 nitrogen and oxygen atoms in total. The quantitative estimate of drug-likeness (QED) is 0.721. The Morgan fingerprint density at radius 3 is 2.65 bits per heavy atom. The maximum atomic E-state index is 9.96. The monoisotopic (exact) mass is 311 g/mol. The van der Waals surface area contributed by atoms with Crippen molar-refractivity contribution >= 4 is 5.84 Å². The summed E-state index contributed by atoms with van der Waals surface area (Å²) in [7, 11) is 1.57. The molecule has 23 heavy (non-hydrogen) atoms. The van der Waals surface area contributed by atoms with Gasteiger partial charge in [0.2, 0.25) is 0 Å². The number of amidine groups is 1. The Morgan fingerprint density at radius 1 is 1.30 bits per heavy atom. The average molecular weight is 311 g/mol. The van der Waals surface area contributed by atoms with Crippen molar-refractivity contribution in [3.8, 4) is 17.9 Å². The summed E-state index contributed by atoms with van der Waals surface area (Å²) < 4.78 is 16.7. The van der Waals surface area contributed by atoms with Crippen molar-refractivity contribution in [1.82, 2.24) is 0 Å². The average Bonchev–Trinajstić information content (AvgIpc) is 2.84. The van der Waals surface area contributed by atoms with Gasteiger partial charge in [0.1, 0.15) is 5.75 Å². The van der Waals surface area contributed by atoms with Crippen molar-refractivity contribution in [2.75, 3.05) is 20.3 Å². The van der Waals surface area contributed by atoms with Crippen LogP contribution in [0.3, 0.4) is 0 Å². The molecule has 3 aliphatic rings. The molecule has 3 atom stereocenters. The predicted octanol–water partition coefficient (Wildman–Crippen LogP) is -1.04. The lowest BCUT2D eigenvalue weighted by molar-refractivity contribution is -0.676. The van der Waals surface area contributed by atoms with E-state index in [1.807, 2.05) is 24.3 Å². The van der Waals surface area contributed by atoms with Gasteiger partial charge in [-0.15, -0.1) is 0 Å². The van der Waals surface area contributed by atoms with Crippen LogP contribution in [0, 0.1) is 33.5 Å². The molecule has 0 unspecified atom stereocenters. The summed E-state index contributed by atoms with van der Waals surface area (Å²) >= 11 is 0. The molecule has 116 valence electrons. The first kappa shape index (κ1) is 14.0. The van der Waals surface area contributed by atoms with Gasteiger partial charge in [0, 0.05) is 5.92 Å². The van der Waals surface area contributed by atoms with Gasteiger partial charge in [-0.05, 0) is 17.7 Å². The van der Waals surface area contributed by atoms with Crippen LogP contribution in [-0.2, 0) is 9.47 Å².